The molecule has 0 saturated carbocycles. The van der Waals surface area contributed by atoms with Gasteiger partial charge in [0.2, 0.25) is 0 Å². The Hall–Kier alpha value is -0.410. The van der Waals surface area contributed by atoms with Crippen molar-refractivity contribution in [2.24, 2.45) is 0 Å². The van der Waals surface area contributed by atoms with E-state index in [-0.39, 0.29) is 0 Å². The van der Waals surface area contributed by atoms with Gasteiger partial charge in [0.25, 0.3) is 0 Å². The predicted octanol–water partition coefficient (Wildman–Crippen LogP) is 2.83. The van der Waals surface area contributed by atoms with Crippen LogP contribution >= 0.6 is 11.8 Å². The third kappa shape index (κ3) is 2.15. The van der Waals surface area contributed by atoms with E-state index in [0.717, 1.165) is 11.8 Å². The van der Waals surface area contributed by atoms with Gasteiger partial charge in [-0.15, -0.1) is 0 Å². The van der Waals surface area contributed by atoms with Crippen LogP contribution in [0.1, 0.15) is 31.4 Å². The Morgan fingerprint density at radius 2 is 2.64 bits per heavy atom. The maximum absolute atomic E-state index is 5.15. The quantitative estimate of drug-likeness (QED) is 0.829. The highest BCUT2D eigenvalue weighted by Gasteiger charge is 2.26. The minimum Gasteiger partial charge on any atom is -0.472 e. The number of furan rings is 1. The largest absolute Gasteiger partial charge is 0.472 e. The molecular formula is C11H17NOS. The van der Waals surface area contributed by atoms with E-state index in [1.807, 2.05) is 6.26 Å². The van der Waals surface area contributed by atoms with Crippen molar-refractivity contribution >= 4 is 11.8 Å². The molecule has 1 N–H and O–H groups in total. The molecule has 0 aromatic carbocycles. The zero-order chi connectivity index (χ0) is 9.80. The molecule has 0 bridgehead atoms. The zero-order valence-electron chi connectivity index (χ0n) is 8.53. The predicted molar refractivity (Wildman–Crippen MR) is 60.6 cm³/mol. The second-order valence-electron chi connectivity index (χ2n) is 3.64. The summed E-state index contributed by atoms with van der Waals surface area (Å²) in [5.41, 5.74) is 1.30. The zero-order valence-corrected chi connectivity index (χ0v) is 9.35. The molecule has 3 heteroatoms. The van der Waals surface area contributed by atoms with E-state index in [4.69, 9.17) is 4.42 Å². The van der Waals surface area contributed by atoms with Crippen molar-refractivity contribution in [1.29, 1.82) is 0 Å². The monoisotopic (exact) mass is 211 g/mol. The highest BCUT2D eigenvalue weighted by Crippen LogP contribution is 2.35. The molecule has 2 atom stereocenters. The summed E-state index contributed by atoms with van der Waals surface area (Å²) in [6.07, 6.45) is 6.31. The van der Waals surface area contributed by atoms with Crippen LogP contribution in [0.25, 0.3) is 0 Å². The lowest BCUT2D eigenvalue weighted by Gasteiger charge is -2.22. The molecule has 2 heterocycles. The van der Waals surface area contributed by atoms with Crippen molar-refractivity contribution in [3.63, 3.8) is 0 Å². The van der Waals surface area contributed by atoms with E-state index in [1.54, 1.807) is 6.26 Å². The highest BCUT2D eigenvalue weighted by atomic mass is 32.2. The van der Waals surface area contributed by atoms with Crippen molar-refractivity contribution in [3.8, 4) is 0 Å². The molecule has 2 unspecified atom stereocenters. The van der Waals surface area contributed by atoms with Crippen LogP contribution in [0.3, 0.4) is 0 Å². The van der Waals surface area contributed by atoms with Crippen LogP contribution in [0.5, 0.6) is 0 Å². The molecule has 1 aromatic heterocycles. The summed E-state index contributed by atoms with van der Waals surface area (Å²) in [7, 11) is 0. The summed E-state index contributed by atoms with van der Waals surface area (Å²) >= 11 is 2.08. The van der Waals surface area contributed by atoms with Gasteiger partial charge in [-0.3, -0.25) is 0 Å². The van der Waals surface area contributed by atoms with Gasteiger partial charge in [-0.05, 0) is 31.2 Å². The summed E-state index contributed by atoms with van der Waals surface area (Å²) in [5.74, 6) is 1.31. The second-order valence-corrected chi connectivity index (χ2v) is 4.99. The van der Waals surface area contributed by atoms with Crippen molar-refractivity contribution in [2.45, 2.75) is 31.1 Å². The smallest absolute Gasteiger partial charge is 0.0950 e. The first kappa shape index (κ1) is 10.1. The average molecular weight is 211 g/mol. The normalized spacial score (nSPS) is 23.9. The van der Waals surface area contributed by atoms with Gasteiger partial charge in [0.05, 0.1) is 12.5 Å². The van der Waals surface area contributed by atoms with Gasteiger partial charge in [-0.1, -0.05) is 6.92 Å². The Labute approximate surface area is 89.4 Å². The summed E-state index contributed by atoms with van der Waals surface area (Å²) in [5, 5.41) is 4.28. The van der Waals surface area contributed by atoms with Crippen LogP contribution in [-0.2, 0) is 0 Å². The molecule has 78 valence electrons. The van der Waals surface area contributed by atoms with Crippen molar-refractivity contribution in [1.82, 2.24) is 5.32 Å². The lowest BCUT2D eigenvalue weighted by atomic mass is 10.0. The van der Waals surface area contributed by atoms with Crippen LogP contribution in [0.15, 0.2) is 23.0 Å². The van der Waals surface area contributed by atoms with Crippen LogP contribution in [-0.4, -0.2) is 17.5 Å². The van der Waals surface area contributed by atoms with Crippen LogP contribution < -0.4 is 5.32 Å². The topological polar surface area (TPSA) is 25.2 Å². The molecule has 0 radical (unpaired) electrons. The van der Waals surface area contributed by atoms with Crippen LogP contribution in [0.2, 0.25) is 0 Å². The fourth-order valence-corrected chi connectivity index (χ4v) is 3.42. The summed E-state index contributed by atoms with van der Waals surface area (Å²) in [6, 6.07) is 2.55. The van der Waals surface area contributed by atoms with Gasteiger partial charge in [0, 0.05) is 16.9 Å². The summed E-state index contributed by atoms with van der Waals surface area (Å²) in [4.78, 5) is 0. The molecule has 1 aromatic rings. The lowest BCUT2D eigenvalue weighted by Crippen LogP contribution is -2.28. The van der Waals surface area contributed by atoms with E-state index < -0.39 is 0 Å². The minimum atomic E-state index is 0.478. The van der Waals surface area contributed by atoms with E-state index >= 15 is 0 Å². The Balaban J connectivity index is 2.06. The first-order chi connectivity index (χ1) is 6.92. The molecule has 2 nitrogen and oxygen atoms in total. The molecule has 1 aliphatic rings. The maximum atomic E-state index is 5.15. The van der Waals surface area contributed by atoms with Gasteiger partial charge in [0.1, 0.15) is 0 Å². The van der Waals surface area contributed by atoms with Crippen LogP contribution in [0, 0.1) is 0 Å². The van der Waals surface area contributed by atoms with Crippen LogP contribution in [0.4, 0.5) is 0 Å². The Bertz CT molecular complexity index is 254. The fraction of sp³-hybridized carbons (Fsp3) is 0.636. The van der Waals surface area contributed by atoms with Gasteiger partial charge < -0.3 is 9.73 Å². The summed E-state index contributed by atoms with van der Waals surface area (Å²) < 4.78 is 5.15. The third-order valence-corrected chi connectivity index (χ3v) is 4.12. The first-order valence-electron chi connectivity index (χ1n) is 5.29. The molecule has 2 rings (SSSR count). The number of hydrogen-bond donors (Lipinski definition) is 1. The molecule has 1 fully saturated rings. The van der Waals surface area contributed by atoms with E-state index in [2.05, 4.69) is 30.1 Å². The van der Waals surface area contributed by atoms with Gasteiger partial charge >= 0.3 is 0 Å². The van der Waals surface area contributed by atoms with E-state index in [1.165, 1.54) is 24.2 Å². The third-order valence-electron chi connectivity index (χ3n) is 2.66. The molecule has 1 saturated heterocycles. The fourth-order valence-electron chi connectivity index (χ4n) is 2.00. The minimum absolute atomic E-state index is 0.478. The number of thioether (sulfide) groups is 1. The standard InChI is InChI=1S/C11H17NOS/c1-2-12-11(9-5-6-13-8-9)10-4-3-7-14-10/h5-6,8,10-12H,2-4,7H2,1H3. The van der Waals surface area contributed by atoms with E-state index in [9.17, 15) is 0 Å². The van der Waals surface area contributed by atoms with Gasteiger partial charge in [-0.25, -0.2) is 0 Å². The number of rotatable bonds is 4. The Morgan fingerprint density at radius 1 is 1.71 bits per heavy atom. The average Bonchev–Trinajstić information content (AvgIpc) is 2.87. The molecule has 0 aliphatic carbocycles. The molecule has 0 spiro atoms. The van der Waals surface area contributed by atoms with Gasteiger partial charge in [0.15, 0.2) is 0 Å². The van der Waals surface area contributed by atoms with Crippen molar-refractivity contribution < 1.29 is 4.42 Å². The SMILES string of the molecule is CCNC(c1ccoc1)C1CCCS1. The first-order valence-corrected chi connectivity index (χ1v) is 6.33. The Kier molecular flexibility index (Phi) is 3.54. The molecule has 0 amide bonds. The number of hydrogen-bond acceptors (Lipinski definition) is 3. The van der Waals surface area contributed by atoms with E-state index in [0.29, 0.717) is 6.04 Å². The molecular weight excluding hydrogens is 194 g/mol. The summed E-state index contributed by atoms with van der Waals surface area (Å²) in [6.45, 7) is 3.18. The van der Waals surface area contributed by atoms with Gasteiger partial charge in [-0.2, -0.15) is 11.8 Å². The maximum Gasteiger partial charge on any atom is 0.0950 e. The molecule has 1 aliphatic heterocycles. The second kappa shape index (κ2) is 4.89. The lowest BCUT2D eigenvalue weighted by molar-refractivity contribution is 0.504. The number of nitrogens with one attached hydrogen (secondary N) is 1. The Morgan fingerprint density at radius 3 is 3.21 bits per heavy atom. The van der Waals surface area contributed by atoms with Crippen molar-refractivity contribution in [3.05, 3.63) is 24.2 Å². The van der Waals surface area contributed by atoms with Crippen molar-refractivity contribution in [2.75, 3.05) is 12.3 Å². The molecule has 14 heavy (non-hydrogen) atoms. The highest BCUT2D eigenvalue weighted by molar-refractivity contribution is 8.00.